The average molecular weight is 427 g/mol. The highest BCUT2D eigenvalue weighted by molar-refractivity contribution is 6.18. The van der Waals surface area contributed by atoms with Crippen LogP contribution in [-0.2, 0) is 4.79 Å². The molecule has 2 N–H and O–H groups in total. The smallest absolute Gasteiger partial charge is 0.303 e. The van der Waals surface area contributed by atoms with Crippen LogP contribution in [0.2, 0.25) is 0 Å². The highest BCUT2D eigenvalue weighted by atomic mass is 16.5. The van der Waals surface area contributed by atoms with Gasteiger partial charge in [0.05, 0.1) is 28.4 Å². The van der Waals surface area contributed by atoms with E-state index in [1.807, 2.05) is 18.2 Å². The van der Waals surface area contributed by atoms with Gasteiger partial charge in [-0.15, -0.1) is 0 Å². The highest BCUT2D eigenvalue weighted by Gasteiger charge is 2.18. The Morgan fingerprint density at radius 3 is 1.84 bits per heavy atom. The summed E-state index contributed by atoms with van der Waals surface area (Å²) in [5.74, 6) is 0.932. The molecule has 0 spiro atoms. The summed E-state index contributed by atoms with van der Waals surface area (Å²) in [5, 5.41) is 14.7. The van der Waals surface area contributed by atoms with Crippen molar-refractivity contribution in [3.8, 4) is 23.0 Å². The number of fused-ring (bicyclic) bond motifs is 3. The summed E-state index contributed by atoms with van der Waals surface area (Å²) in [6, 6.07) is 9.03. The van der Waals surface area contributed by atoms with Gasteiger partial charge in [-0.05, 0) is 58.3 Å². The van der Waals surface area contributed by atoms with Gasteiger partial charge in [-0.2, -0.15) is 0 Å². The molecule has 0 heterocycles. The number of aliphatic carboxylic acids is 1. The SMILES string of the molecule is COc1cc2cc(C(=O)NCCCC(=O)O)c3cc(OC)c(OC)cc3c2cc1OC. The van der Waals surface area contributed by atoms with Crippen LogP contribution in [0.25, 0.3) is 21.5 Å². The van der Waals surface area contributed by atoms with Crippen molar-refractivity contribution in [3.63, 3.8) is 0 Å². The molecule has 0 aliphatic heterocycles. The zero-order valence-corrected chi connectivity index (χ0v) is 17.9. The first-order valence-corrected chi connectivity index (χ1v) is 9.68. The molecule has 3 aromatic rings. The zero-order chi connectivity index (χ0) is 22.5. The Hall–Kier alpha value is -3.68. The van der Waals surface area contributed by atoms with E-state index in [1.165, 1.54) is 7.11 Å². The molecular weight excluding hydrogens is 402 g/mol. The zero-order valence-electron chi connectivity index (χ0n) is 17.9. The molecule has 164 valence electrons. The second-order valence-electron chi connectivity index (χ2n) is 6.86. The number of hydrogen-bond donors (Lipinski definition) is 2. The fourth-order valence-corrected chi connectivity index (χ4v) is 3.53. The van der Waals surface area contributed by atoms with Gasteiger partial charge in [0.15, 0.2) is 23.0 Å². The number of benzene rings is 3. The standard InChI is InChI=1S/C23H25NO7/c1-28-18-9-13-8-17(23(27)24-7-5-6-22(25)26)16-12-21(31-4)20(30-3)11-15(16)14(13)10-19(18)29-2/h8-12H,5-7H2,1-4H3,(H,24,27)(H,25,26). The van der Waals surface area contributed by atoms with Gasteiger partial charge in [-0.25, -0.2) is 0 Å². The molecule has 0 saturated heterocycles. The first kappa shape index (κ1) is 22.0. The molecule has 8 nitrogen and oxygen atoms in total. The second kappa shape index (κ2) is 9.42. The third-order valence-electron chi connectivity index (χ3n) is 5.06. The van der Waals surface area contributed by atoms with E-state index in [9.17, 15) is 9.59 Å². The van der Waals surface area contributed by atoms with E-state index in [2.05, 4.69) is 5.32 Å². The first-order chi connectivity index (χ1) is 14.9. The van der Waals surface area contributed by atoms with Gasteiger partial charge in [0.25, 0.3) is 5.91 Å². The van der Waals surface area contributed by atoms with Crippen molar-refractivity contribution in [2.75, 3.05) is 35.0 Å². The molecule has 0 aliphatic rings. The Bertz CT molecular complexity index is 1140. The first-order valence-electron chi connectivity index (χ1n) is 9.68. The quantitative estimate of drug-likeness (QED) is 0.397. The van der Waals surface area contributed by atoms with E-state index < -0.39 is 5.97 Å². The third kappa shape index (κ3) is 4.42. The number of carboxylic acid groups (broad SMARTS) is 1. The molecule has 0 saturated carbocycles. The maximum atomic E-state index is 13.0. The van der Waals surface area contributed by atoms with Gasteiger partial charge in [0.1, 0.15) is 0 Å². The maximum Gasteiger partial charge on any atom is 0.303 e. The van der Waals surface area contributed by atoms with Crippen LogP contribution < -0.4 is 24.3 Å². The van der Waals surface area contributed by atoms with Crippen molar-refractivity contribution >= 4 is 33.4 Å². The van der Waals surface area contributed by atoms with Crippen molar-refractivity contribution in [2.45, 2.75) is 12.8 Å². The molecule has 3 aromatic carbocycles. The monoisotopic (exact) mass is 427 g/mol. The lowest BCUT2D eigenvalue weighted by molar-refractivity contribution is -0.137. The number of ether oxygens (including phenoxy) is 4. The van der Waals surface area contributed by atoms with Crippen molar-refractivity contribution in [3.05, 3.63) is 35.9 Å². The summed E-state index contributed by atoms with van der Waals surface area (Å²) in [7, 11) is 6.20. The van der Waals surface area contributed by atoms with Gasteiger partial charge in [0, 0.05) is 18.5 Å². The Kier molecular flexibility index (Phi) is 6.69. The van der Waals surface area contributed by atoms with Crippen LogP contribution in [0.15, 0.2) is 30.3 Å². The Morgan fingerprint density at radius 2 is 1.29 bits per heavy atom. The van der Waals surface area contributed by atoms with Gasteiger partial charge >= 0.3 is 5.97 Å². The largest absolute Gasteiger partial charge is 0.493 e. The minimum absolute atomic E-state index is 0.0131. The predicted octanol–water partition coefficient (Wildman–Crippen LogP) is 3.62. The van der Waals surface area contributed by atoms with E-state index in [0.29, 0.717) is 40.4 Å². The molecule has 0 fully saturated rings. The number of nitrogens with one attached hydrogen (secondary N) is 1. The molecule has 0 bridgehead atoms. The normalized spacial score (nSPS) is 10.7. The fraction of sp³-hybridized carbons (Fsp3) is 0.304. The summed E-state index contributed by atoms with van der Waals surface area (Å²) < 4.78 is 21.8. The minimum Gasteiger partial charge on any atom is -0.493 e. The van der Waals surface area contributed by atoms with Gasteiger partial charge < -0.3 is 29.4 Å². The van der Waals surface area contributed by atoms with E-state index in [0.717, 1.165) is 16.2 Å². The minimum atomic E-state index is -0.900. The van der Waals surface area contributed by atoms with Crippen LogP contribution >= 0.6 is 0 Å². The lowest BCUT2D eigenvalue weighted by Crippen LogP contribution is -2.25. The molecule has 0 atom stereocenters. The number of carboxylic acids is 1. The summed E-state index contributed by atoms with van der Waals surface area (Å²) in [5.41, 5.74) is 0.436. The second-order valence-corrected chi connectivity index (χ2v) is 6.86. The number of carbonyl (C=O) groups is 2. The number of amides is 1. The van der Waals surface area contributed by atoms with E-state index in [1.54, 1.807) is 33.5 Å². The molecular formula is C23H25NO7. The lowest BCUT2D eigenvalue weighted by atomic mass is 9.95. The molecule has 3 rings (SSSR count). The van der Waals surface area contributed by atoms with Crippen LogP contribution in [0.3, 0.4) is 0 Å². The Labute approximate surface area is 179 Å². The summed E-state index contributed by atoms with van der Waals surface area (Å²) in [6.07, 6.45) is 0.329. The topological polar surface area (TPSA) is 103 Å². The van der Waals surface area contributed by atoms with Crippen molar-refractivity contribution in [1.29, 1.82) is 0 Å². The highest BCUT2D eigenvalue weighted by Crippen LogP contribution is 2.41. The molecule has 0 aliphatic carbocycles. The van der Waals surface area contributed by atoms with Crippen LogP contribution in [0.1, 0.15) is 23.2 Å². The molecule has 1 amide bonds. The van der Waals surface area contributed by atoms with Crippen LogP contribution in [-0.4, -0.2) is 52.0 Å². The van der Waals surface area contributed by atoms with Crippen LogP contribution in [0, 0.1) is 0 Å². The van der Waals surface area contributed by atoms with E-state index in [4.69, 9.17) is 24.1 Å². The van der Waals surface area contributed by atoms with Crippen LogP contribution in [0.4, 0.5) is 0 Å². The van der Waals surface area contributed by atoms with Crippen molar-refractivity contribution in [1.82, 2.24) is 5.32 Å². The van der Waals surface area contributed by atoms with Crippen molar-refractivity contribution in [2.24, 2.45) is 0 Å². The molecule has 0 aromatic heterocycles. The number of hydrogen-bond acceptors (Lipinski definition) is 6. The van der Waals surface area contributed by atoms with Gasteiger partial charge in [-0.3, -0.25) is 9.59 Å². The number of methoxy groups -OCH3 is 4. The molecule has 31 heavy (non-hydrogen) atoms. The van der Waals surface area contributed by atoms with E-state index >= 15 is 0 Å². The predicted molar refractivity (Wildman–Crippen MR) is 117 cm³/mol. The fourth-order valence-electron chi connectivity index (χ4n) is 3.53. The third-order valence-corrected chi connectivity index (χ3v) is 5.06. The molecule has 8 heteroatoms. The molecule has 0 radical (unpaired) electrons. The summed E-state index contributed by atoms with van der Waals surface area (Å²) in [6.45, 7) is 0.254. The average Bonchev–Trinajstić information content (AvgIpc) is 2.78. The Balaban J connectivity index is 2.21. The number of carbonyl (C=O) groups excluding carboxylic acids is 1. The lowest BCUT2D eigenvalue weighted by Gasteiger charge is -2.16. The molecule has 0 unspecified atom stereocenters. The summed E-state index contributed by atoms with van der Waals surface area (Å²) in [4.78, 5) is 23.7. The van der Waals surface area contributed by atoms with E-state index in [-0.39, 0.29) is 18.9 Å². The van der Waals surface area contributed by atoms with Gasteiger partial charge in [0.2, 0.25) is 0 Å². The maximum absolute atomic E-state index is 13.0. The number of rotatable bonds is 9. The summed E-state index contributed by atoms with van der Waals surface area (Å²) >= 11 is 0. The van der Waals surface area contributed by atoms with Gasteiger partial charge in [-0.1, -0.05) is 0 Å². The Morgan fingerprint density at radius 1 is 0.774 bits per heavy atom. The van der Waals surface area contributed by atoms with Crippen molar-refractivity contribution < 1.29 is 33.6 Å². The van der Waals surface area contributed by atoms with Crippen LogP contribution in [0.5, 0.6) is 23.0 Å².